The summed E-state index contributed by atoms with van der Waals surface area (Å²) in [5, 5.41) is 4.50. The van der Waals surface area contributed by atoms with Crippen molar-refractivity contribution in [1.29, 1.82) is 0 Å². The Balaban J connectivity index is 1.21. The van der Waals surface area contributed by atoms with Crippen molar-refractivity contribution in [1.82, 2.24) is 19.5 Å². The van der Waals surface area contributed by atoms with E-state index in [-0.39, 0.29) is 0 Å². The molecule has 5 nitrogen and oxygen atoms in total. The average molecular weight is 641 g/mol. The predicted octanol–water partition coefficient (Wildman–Crippen LogP) is 11.5. The van der Waals surface area contributed by atoms with Gasteiger partial charge >= 0.3 is 0 Å². The first-order valence-corrected chi connectivity index (χ1v) is 16.7. The highest BCUT2D eigenvalue weighted by molar-refractivity contribution is 6.11. The fraction of sp³-hybridized carbons (Fsp3) is 0. The molecule has 0 saturated carbocycles. The van der Waals surface area contributed by atoms with E-state index in [9.17, 15) is 0 Å². The highest BCUT2D eigenvalue weighted by atomic mass is 16.3. The van der Waals surface area contributed by atoms with Gasteiger partial charge in [-0.3, -0.25) is 0 Å². The molecule has 0 saturated heterocycles. The number of fused-ring (bicyclic) bond motifs is 6. The molecule has 0 unspecified atom stereocenters. The average Bonchev–Trinajstić information content (AvgIpc) is 3.73. The molecule has 5 heteroatoms. The fourth-order valence-corrected chi connectivity index (χ4v) is 7.12. The van der Waals surface area contributed by atoms with Crippen molar-refractivity contribution in [3.05, 3.63) is 170 Å². The molecule has 50 heavy (non-hydrogen) atoms. The second-order valence-corrected chi connectivity index (χ2v) is 12.5. The molecule has 0 radical (unpaired) electrons. The number of rotatable bonds is 5. The van der Waals surface area contributed by atoms with Crippen LogP contribution >= 0.6 is 0 Å². The van der Waals surface area contributed by atoms with Crippen LogP contribution < -0.4 is 0 Å². The third-order valence-corrected chi connectivity index (χ3v) is 9.46. The molecule has 10 aromatic rings. The Kier molecular flexibility index (Phi) is 6.42. The molecule has 0 aliphatic heterocycles. The van der Waals surface area contributed by atoms with Crippen molar-refractivity contribution >= 4 is 43.7 Å². The van der Waals surface area contributed by atoms with Gasteiger partial charge in [-0.25, -0.2) is 15.0 Å². The van der Waals surface area contributed by atoms with Gasteiger partial charge in [-0.1, -0.05) is 127 Å². The summed E-state index contributed by atoms with van der Waals surface area (Å²) in [4.78, 5) is 15.2. The molecule has 0 amide bonds. The first kappa shape index (κ1) is 28.2. The van der Waals surface area contributed by atoms with E-state index in [0.29, 0.717) is 17.5 Å². The summed E-state index contributed by atoms with van der Waals surface area (Å²) < 4.78 is 9.01. The lowest BCUT2D eigenvalue weighted by Crippen LogP contribution is -2.01. The van der Waals surface area contributed by atoms with Crippen LogP contribution in [0.3, 0.4) is 0 Å². The summed E-state index contributed by atoms with van der Waals surface area (Å²) in [5.41, 5.74) is 9.83. The Morgan fingerprint density at radius 2 is 0.860 bits per heavy atom. The van der Waals surface area contributed by atoms with Crippen molar-refractivity contribution in [3.8, 4) is 51.0 Å². The monoisotopic (exact) mass is 640 g/mol. The Bertz CT molecular complexity index is 2750. The van der Waals surface area contributed by atoms with Crippen LogP contribution in [0.5, 0.6) is 0 Å². The zero-order chi connectivity index (χ0) is 33.0. The Morgan fingerprint density at radius 1 is 0.360 bits per heavy atom. The third-order valence-electron chi connectivity index (χ3n) is 9.46. The summed E-state index contributed by atoms with van der Waals surface area (Å²) >= 11 is 0. The van der Waals surface area contributed by atoms with Gasteiger partial charge in [0, 0.05) is 50.0 Å². The van der Waals surface area contributed by atoms with Crippen molar-refractivity contribution in [3.63, 3.8) is 0 Å². The van der Waals surface area contributed by atoms with Crippen LogP contribution in [-0.4, -0.2) is 19.5 Å². The number of nitrogens with zero attached hydrogens (tertiary/aromatic N) is 4. The summed E-state index contributed by atoms with van der Waals surface area (Å²) in [6, 6.07) is 58.5. The normalized spacial score (nSPS) is 11.6. The number of hydrogen-bond acceptors (Lipinski definition) is 4. The Labute approximate surface area is 287 Å². The van der Waals surface area contributed by atoms with E-state index in [2.05, 4.69) is 108 Å². The molecule has 0 aliphatic rings. The predicted molar refractivity (Wildman–Crippen MR) is 203 cm³/mol. The quantitative estimate of drug-likeness (QED) is 0.188. The molecule has 3 aromatic heterocycles. The van der Waals surface area contributed by atoms with Gasteiger partial charge in [0.1, 0.15) is 11.2 Å². The smallest absolute Gasteiger partial charge is 0.164 e. The SMILES string of the molecule is c1ccc(-c2nc(-c3ccccc3)nc(-c3cc4c(cc3-c3ccccc3)oc3cc(-n5c6ccccc6c6ccccc65)ccc34)n2)cc1. The third kappa shape index (κ3) is 4.60. The Hall–Kier alpha value is -6.85. The topological polar surface area (TPSA) is 56.7 Å². The lowest BCUT2D eigenvalue weighted by Gasteiger charge is -2.12. The highest BCUT2D eigenvalue weighted by Gasteiger charge is 2.20. The van der Waals surface area contributed by atoms with Gasteiger partial charge in [-0.05, 0) is 47.5 Å². The zero-order valence-corrected chi connectivity index (χ0v) is 26.9. The highest BCUT2D eigenvalue weighted by Crippen LogP contribution is 2.40. The summed E-state index contributed by atoms with van der Waals surface area (Å²) in [5.74, 6) is 1.86. The molecule has 0 atom stereocenters. The van der Waals surface area contributed by atoms with Gasteiger partial charge in [-0.15, -0.1) is 0 Å². The molecule has 0 bridgehead atoms. The van der Waals surface area contributed by atoms with Gasteiger partial charge in [0.25, 0.3) is 0 Å². The van der Waals surface area contributed by atoms with Crippen LogP contribution in [0, 0.1) is 0 Å². The van der Waals surface area contributed by atoms with E-state index in [4.69, 9.17) is 19.4 Å². The van der Waals surface area contributed by atoms with E-state index in [0.717, 1.165) is 66.5 Å². The molecule has 0 aliphatic carbocycles. The van der Waals surface area contributed by atoms with Gasteiger partial charge in [0.2, 0.25) is 0 Å². The first-order chi connectivity index (χ1) is 24.8. The summed E-state index contributed by atoms with van der Waals surface area (Å²) in [6.45, 7) is 0. The van der Waals surface area contributed by atoms with Crippen LogP contribution in [0.1, 0.15) is 0 Å². The zero-order valence-electron chi connectivity index (χ0n) is 26.9. The molecule has 3 heterocycles. The van der Waals surface area contributed by atoms with Gasteiger partial charge < -0.3 is 8.98 Å². The maximum atomic E-state index is 6.69. The van der Waals surface area contributed by atoms with Crippen LogP contribution in [-0.2, 0) is 0 Å². The molecule has 10 rings (SSSR count). The molecule has 234 valence electrons. The second-order valence-electron chi connectivity index (χ2n) is 12.5. The van der Waals surface area contributed by atoms with E-state index in [1.54, 1.807) is 0 Å². The molecule has 7 aromatic carbocycles. The maximum Gasteiger partial charge on any atom is 0.164 e. The minimum atomic E-state index is 0.606. The minimum Gasteiger partial charge on any atom is -0.456 e. The van der Waals surface area contributed by atoms with E-state index >= 15 is 0 Å². The lowest BCUT2D eigenvalue weighted by atomic mass is 9.96. The molecule has 0 fully saturated rings. The van der Waals surface area contributed by atoms with Crippen LogP contribution in [0.25, 0.3) is 94.7 Å². The van der Waals surface area contributed by atoms with Gasteiger partial charge in [-0.2, -0.15) is 0 Å². The van der Waals surface area contributed by atoms with Crippen LogP contribution in [0.4, 0.5) is 0 Å². The molecule has 0 N–H and O–H groups in total. The number of benzene rings is 7. The van der Waals surface area contributed by atoms with Gasteiger partial charge in [0.05, 0.1) is 11.0 Å². The standard InChI is InChI=1S/C45H28N4O/c1-4-14-29(15-5-1)36-28-42-37(27-38(36)45-47-43(30-16-6-2-7-17-30)46-44(48-45)31-18-8-3-9-19-31)35-25-24-32(26-41(35)50-42)49-39-22-12-10-20-33(39)34-21-11-13-23-40(34)49/h1-28H. The maximum absolute atomic E-state index is 6.69. The number of hydrogen-bond donors (Lipinski definition) is 0. The number of para-hydroxylation sites is 2. The van der Waals surface area contributed by atoms with E-state index in [1.807, 2.05) is 66.7 Å². The van der Waals surface area contributed by atoms with Crippen molar-refractivity contribution in [2.75, 3.05) is 0 Å². The minimum absolute atomic E-state index is 0.606. The van der Waals surface area contributed by atoms with Crippen molar-refractivity contribution in [2.45, 2.75) is 0 Å². The van der Waals surface area contributed by atoms with E-state index in [1.165, 1.54) is 10.8 Å². The van der Waals surface area contributed by atoms with Crippen LogP contribution in [0.15, 0.2) is 174 Å². The van der Waals surface area contributed by atoms with Crippen LogP contribution in [0.2, 0.25) is 0 Å². The van der Waals surface area contributed by atoms with Crippen molar-refractivity contribution < 1.29 is 4.42 Å². The Morgan fingerprint density at radius 3 is 1.46 bits per heavy atom. The number of aromatic nitrogens is 4. The summed E-state index contributed by atoms with van der Waals surface area (Å²) in [6.07, 6.45) is 0. The van der Waals surface area contributed by atoms with Crippen molar-refractivity contribution in [2.24, 2.45) is 0 Å². The summed E-state index contributed by atoms with van der Waals surface area (Å²) in [7, 11) is 0. The van der Waals surface area contributed by atoms with Gasteiger partial charge in [0.15, 0.2) is 17.5 Å². The van der Waals surface area contributed by atoms with E-state index < -0.39 is 0 Å². The fourth-order valence-electron chi connectivity index (χ4n) is 7.12. The first-order valence-electron chi connectivity index (χ1n) is 16.7. The molecule has 0 spiro atoms. The second kappa shape index (κ2) is 11.4. The molecular weight excluding hydrogens is 613 g/mol. The lowest BCUT2D eigenvalue weighted by molar-refractivity contribution is 0.669. The largest absolute Gasteiger partial charge is 0.456 e. The molecular formula is C45H28N4O. The number of furan rings is 1.